The zero-order valence-electron chi connectivity index (χ0n) is 7.56. The maximum absolute atomic E-state index is 13.1. The molecule has 0 spiro atoms. The Morgan fingerprint density at radius 3 is 2.79 bits per heavy atom. The van der Waals surface area contributed by atoms with Gasteiger partial charge in [0.2, 0.25) is 0 Å². The van der Waals surface area contributed by atoms with Crippen molar-refractivity contribution in [2.45, 2.75) is 18.7 Å². The summed E-state index contributed by atoms with van der Waals surface area (Å²) in [5.74, 6) is -0.684. The van der Waals surface area contributed by atoms with Gasteiger partial charge in [-0.25, -0.2) is 4.39 Å². The summed E-state index contributed by atoms with van der Waals surface area (Å²) in [6.45, 7) is 1.81. The van der Waals surface area contributed by atoms with Gasteiger partial charge in [-0.3, -0.25) is 4.79 Å². The van der Waals surface area contributed by atoms with Crippen molar-refractivity contribution in [3.05, 3.63) is 34.1 Å². The minimum absolute atomic E-state index is 0.236. The summed E-state index contributed by atoms with van der Waals surface area (Å²) in [4.78, 5) is 11.5. The number of halogens is 3. The lowest BCUT2D eigenvalue weighted by atomic mass is 10.1. The topological polar surface area (TPSA) is 17.1 Å². The fraction of sp³-hybridized carbons (Fsp3) is 0.300. The molecular formula is C10H9BrClFO. The van der Waals surface area contributed by atoms with E-state index >= 15 is 0 Å². The average molecular weight is 280 g/mol. The van der Waals surface area contributed by atoms with Crippen molar-refractivity contribution in [2.75, 3.05) is 0 Å². The number of hydrogen-bond donors (Lipinski definition) is 0. The van der Waals surface area contributed by atoms with Gasteiger partial charge in [-0.2, -0.15) is 0 Å². The van der Waals surface area contributed by atoms with E-state index in [0.717, 1.165) is 0 Å². The summed E-state index contributed by atoms with van der Waals surface area (Å²) in [7, 11) is 0. The van der Waals surface area contributed by atoms with Gasteiger partial charge in [-0.1, -0.05) is 13.0 Å². The van der Waals surface area contributed by atoms with Crippen molar-refractivity contribution in [3.63, 3.8) is 0 Å². The number of Topliss-reactive ketones (excluding diaryl/α,β-unsaturated/α-hetero) is 1. The van der Waals surface area contributed by atoms with E-state index in [0.29, 0.717) is 16.5 Å². The van der Waals surface area contributed by atoms with Crippen LogP contribution >= 0.6 is 27.5 Å². The molecule has 0 fully saturated rings. The van der Waals surface area contributed by atoms with Gasteiger partial charge >= 0.3 is 0 Å². The van der Waals surface area contributed by atoms with E-state index in [2.05, 4.69) is 15.9 Å². The van der Waals surface area contributed by atoms with Gasteiger partial charge in [0.15, 0.2) is 5.78 Å². The Balaban J connectivity index is 2.97. The molecule has 14 heavy (non-hydrogen) atoms. The van der Waals surface area contributed by atoms with Gasteiger partial charge in [0.1, 0.15) is 5.82 Å². The number of carbonyl (C=O) groups is 1. The molecule has 4 heteroatoms. The number of hydrogen-bond acceptors (Lipinski definition) is 1. The lowest BCUT2D eigenvalue weighted by Gasteiger charge is -2.05. The average Bonchev–Trinajstić information content (AvgIpc) is 2.20. The van der Waals surface area contributed by atoms with E-state index in [1.807, 2.05) is 6.92 Å². The Hall–Kier alpha value is -0.410. The first-order valence-corrected chi connectivity index (χ1v) is 5.42. The molecule has 76 valence electrons. The van der Waals surface area contributed by atoms with Crippen molar-refractivity contribution in [1.29, 1.82) is 0 Å². The summed E-state index contributed by atoms with van der Waals surface area (Å²) in [6.07, 6.45) is 0.540. The summed E-state index contributed by atoms with van der Waals surface area (Å²) >= 11 is 8.77. The van der Waals surface area contributed by atoms with Crippen LogP contribution in [-0.2, 0) is 0 Å². The number of benzene rings is 1. The molecule has 0 aliphatic rings. The zero-order chi connectivity index (χ0) is 10.7. The number of carbonyl (C=O) groups excluding carboxylic acids is 1. The first-order chi connectivity index (χ1) is 6.56. The van der Waals surface area contributed by atoms with E-state index in [1.54, 1.807) is 6.07 Å². The van der Waals surface area contributed by atoms with E-state index in [4.69, 9.17) is 11.6 Å². The first-order valence-electron chi connectivity index (χ1n) is 4.19. The van der Waals surface area contributed by atoms with Gasteiger partial charge in [0, 0.05) is 5.56 Å². The van der Waals surface area contributed by atoms with Crippen molar-refractivity contribution < 1.29 is 9.18 Å². The highest BCUT2D eigenvalue weighted by atomic mass is 79.9. The molecule has 0 amide bonds. The summed E-state index contributed by atoms with van der Waals surface area (Å²) in [6, 6.07) is 4.25. The first kappa shape index (κ1) is 11.7. The minimum atomic E-state index is -0.574. The van der Waals surface area contributed by atoms with Crippen LogP contribution in [0.4, 0.5) is 4.39 Å². The Morgan fingerprint density at radius 2 is 2.29 bits per heavy atom. The fourth-order valence-corrected chi connectivity index (χ4v) is 1.39. The molecule has 0 heterocycles. The Bertz CT molecular complexity index is 354. The quantitative estimate of drug-likeness (QED) is 0.608. The second-order valence-corrected chi connectivity index (χ2v) is 4.25. The Kier molecular flexibility index (Phi) is 4.08. The van der Waals surface area contributed by atoms with Gasteiger partial charge in [-0.15, -0.1) is 11.6 Å². The molecule has 0 aliphatic heterocycles. The number of ketones is 1. The van der Waals surface area contributed by atoms with E-state index < -0.39 is 11.2 Å². The van der Waals surface area contributed by atoms with Crippen LogP contribution in [0.2, 0.25) is 0 Å². The van der Waals surface area contributed by atoms with Crippen LogP contribution in [0.1, 0.15) is 23.7 Å². The molecule has 0 saturated carbocycles. The van der Waals surface area contributed by atoms with Crippen molar-refractivity contribution >= 4 is 33.3 Å². The van der Waals surface area contributed by atoms with E-state index in [9.17, 15) is 9.18 Å². The van der Waals surface area contributed by atoms with Crippen molar-refractivity contribution in [1.82, 2.24) is 0 Å². The predicted octanol–water partition coefficient (Wildman–Crippen LogP) is 3.79. The van der Waals surface area contributed by atoms with Crippen LogP contribution in [0.25, 0.3) is 0 Å². The third-order valence-electron chi connectivity index (χ3n) is 1.85. The molecule has 0 aromatic heterocycles. The molecule has 1 rings (SSSR count). The summed E-state index contributed by atoms with van der Waals surface area (Å²) in [5, 5.41) is -0.574. The Labute approximate surface area is 95.4 Å². The highest BCUT2D eigenvalue weighted by Gasteiger charge is 2.16. The third kappa shape index (κ3) is 2.55. The normalized spacial score (nSPS) is 12.6. The van der Waals surface area contributed by atoms with Gasteiger partial charge in [-0.05, 0) is 34.5 Å². The standard InChI is InChI=1S/C10H9BrClFO/c1-2-8(12)10(14)6-3-4-7(11)9(13)5-6/h3-5,8H,2H2,1H3. The van der Waals surface area contributed by atoms with E-state index in [1.165, 1.54) is 12.1 Å². The Morgan fingerprint density at radius 1 is 1.64 bits per heavy atom. The molecule has 0 saturated heterocycles. The molecule has 1 aromatic rings. The van der Waals surface area contributed by atoms with Crippen LogP contribution in [0, 0.1) is 5.82 Å². The number of rotatable bonds is 3. The van der Waals surface area contributed by atoms with Crippen LogP contribution in [0.5, 0.6) is 0 Å². The summed E-state index contributed by atoms with van der Waals surface area (Å²) in [5.41, 5.74) is 0.313. The number of alkyl halides is 1. The monoisotopic (exact) mass is 278 g/mol. The van der Waals surface area contributed by atoms with Gasteiger partial charge in [0.25, 0.3) is 0 Å². The molecule has 1 atom stereocenters. The van der Waals surface area contributed by atoms with Crippen LogP contribution in [0.3, 0.4) is 0 Å². The largest absolute Gasteiger partial charge is 0.293 e. The molecule has 1 aromatic carbocycles. The molecular weight excluding hydrogens is 270 g/mol. The highest BCUT2D eigenvalue weighted by molar-refractivity contribution is 9.10. The van der Waals surface area contributed by atoms with Crippen LogP contribution in [-0.4, -0.2) is 11.2 Å². The third-order valence-corrected chi connectivity index (χ3v) is 3.00. The molecule has 0 N–H and O–H groups in total. The smallest absolute Gasteiger partial charge is 0.180 e. The van der Waals surface area contributed by atoms with Gasteiger partial charge < -0.3 is 0 Å². The second kappa shape index (κ2) is 4.89. The molecule has 1 unspecified atom stereocenters. The molecule has 0 bridgehead atoms. The lowest BCUT2D eigenvalue weighted by molar-refractivity contribution is 0.0985. The minimum Gasteiger partial charge on any atom is -0.293 e. The SMILES string of the molecule is CCC(Cl)C(=O)c1ccc(Br)c(F)c1. The van der Waals surface area contributed by atoms with Crippen LogP contribution < -0.4 is 0 Å². The lowest BCUT2D eigenvalue weighted by Crippen LogP contribution is -2.13. The molecule has 0 aliphatic carbocycles. The predicted molar refractivity (Wildman–Crippen MR) is 58.4 cm³/mol. The second-order valence-electron chi connectivity index (χ2n) is 2.87. The maximum Gasteiger partial charge on any atom is 0.180 e. The summed E-state index contributed by atoms with van der Waals surface area (Å²) < 4.78 is 13.4. The fourth-order valence-electron chi connectivity index (χ4n) is 1.02. The maximum atomic E-state index is 13.1. The molecule has 1 nitrogen and oxygen atoms in total. The zero-order valence-corrected chi connectivity index (χ0v) is 9.90. The molecule has 0 radical (unpaired) electrons. The van der Waals surface area contributed by atoms with Crippen molar-refractivity contribution in [3.8, 4) is 0 Å². The highest BCUT2D eigenvalue weighted by Crippen LogP contribution is 2.19. The van der Waals surface area contributed by atoms with Crippen LogP contribution in [0.15, 0.2) is 22.7 Å². The van der Waals surface area contributed by atoms with Gasteiger partial charge in [0.05, 0.1) is 9.85 Å². The van der Waals surface area contributed by atoms with E-state index in [-0.39, 0.29) is 5.78 Å². The van der Waals surface area contributed by atoms with Crippen molar-refractivity contribution in [2.24, 2.45) is 0 Å².